The Morgan fingerprint density at radius 1 is 1.15 bits per heavy atom. The fraction of sp³-hybridized carbons (Fsp3) is 0.0714. The topological polar surface area (TPSA) is 67.2 Å². The molecule has 0 heterocycles. The molecule has 0 unspecified atom stereocenters. The van der Waals surface area contributed by atoms with Crippen molar-refractivity contribution in [2.75, 3.05) is 6.26 Å². The summed E-state index contributed by atoms with van der Waals surface area (Å²) in [5.74, 6) is -0.215. The van der Waals surface area contributed by atoms with Crippen molar-refractivity contribution >= 4 is 9.84 Å². The van der Waals surface area contributed by atoms with Gasteiger partial charge < -0.3 is 4.74 Å². The van der Waals surface area contributed by atoms with Crippen LogP contribution < -0.4 is 4.74 Å². The molecule has 2 rings (SSSR count). The Balaban J connectivity index is 2.36. The summed E-state index contributed by atoms with van der Waals surface area (Å²) in [5, 5.41) is 8.75. The molecular formula is C14H10FNO3S. The van der Waals surface area contributed by atoms with Gasteiger partial charge in [-0.15, -0.1) is 0 Å². The molecule has 6 heteroatoms. The minimum Gasteiger partial charge on any atom is -0.457 e. The molecule has 0 spiro atoms. The van der Waals surface area contributed by atoms with Crippen LogP contribution in [0.15, 0.2) is 47.4 Å². The first-order valence-electron chi connectivity index (χ1n) is 5.57. The van der Waals surface area contributed by atoms with E-state index in [1.165, 1.54) is 24.3 Å². The number of nitriles is 1. The summed E-state index contributed by atoms with van der Waals surface area (Å²) in [4.78, 5) is 0.104. The second-order valence-electron chi connectivity index (χ2n) is 4.14. The predicted octanol–water partition coefficient (Wildman–Crippen LogP) is 2.89. The van der Waals surface area contributed by atoms with Crippen LogP contribution >= 0.6 is 0 Å². The van der Waals surface area contributed by atoms with Gasteiger partial charge in [-0.3, -0.25) is 0 Å². The monoisotopic (exact) mass is 291 g/mol. The molecule has 0 amide bonds. The van der Waals surface area contributed by atoms with Gasteiger partial charge in [0.1, 0.15) is 17.3 Å². The van der Waals surface area contributed by atoms with Crippen molar-refractivity contribution in [1.29, 1.82) is 5.26 Å². The number of hydrogen-bond donors (Lipinski definition) is 0. The molecule has 2 aromatic rings. The third-order valence-electron chi connectivity index (χ3n) is 2.47. The standard InChI is InChI=1S/C14H10FNO3S/c1-20(17,18)14-4-2-3-12(8-14)19-13-6-10(9-16)5-11(15)7-13/h2-8H,1H3. The van der Waals surface area contributed by atoms with Crippen LogP contribution in [-0.2, 0) is 9.84 Å². The molecule has 20 heavy (non-hydrogen) atoms. The lowest BCUT2D eigenvalue weighted by molar-refractivity contribution is 0.474. The van der Waals surface area contributed by atoms with Gasteiger partial charge in [0.15, 0.2) is 9.84 Å². The van der Waals surface area contributed by atoms with Crippen LogP contribution in [0.3, 0.4) is 0 Å². The maximum Gasteiger partial charge on any atom is 0.175 e. The summed E-state index contributed by atoms with van der Waals surface area (Å²) in [7, 11) is -3.35. The summed E-state index contributed by atoms with van der Waals surface area (Å²) in [5.41, 5.74) is 0.124. The van der Waals surface area contributed by atoms with Crippen LogP contribution in [0, 0.1) is 17.1 Å². The Kier molecular flexibility index (Phi) is 3.72. The van der Waals surface area contributed by atoms with Crippen molar-refractivity contribution < 1.29 is 17.5 Å². The Morgan fingerprint density at radius 3 is 2.55 bits per heavy atom. The van der Waals surface area contributed by atoms with Crippen molar-refractivity contribution in [3.05, 3.63) is 53.8 Å². The van der Waals surface area contributed by atoms with Crippen molar-refractivity contribution in [2.45, 2.75) is 4.90 Å². The van der Waals surface area contributed by atoms with Gasteiger partial charge in [0.25, 0.3) is 0 Å². The first-order chi connectivity index (χ1) is 9.38. The molecule has 0 saturated heterocycles. The minimum absolute atomic E-state index is 0.104. The van der Waals surface area contributed by atoms with E-state index in [0.29, 0.717) is 0 Å². The summed E-state index contributed by atoms with van der Waals surface area (Å²) in [6.45, 7) is 0. The van der Waals surface area contributed by atoms with Gasteiger partial charge in [0.2, 0.25) is 0 Å². The highest BCUT2D eigenvalue weighted by atomic mass is 32.2. The number of nitrogens with zero attached hydrogens (tertiary/aromatic N) is 1. The second-order valence-corrected chi connectivity index (χ2v) is 6.15. The molecule has 102 valence electrons. The smallest absolute Gasteiger partial charge is 0.175 e. The summed E-state index contributed by atoms with van der Waals surface area (Å²) in [6.07, 6.45) is 1.09. The van der Waals surface area contributed by atoms with Crippen LogP contribution in [0.2, 0.25) is 0 Å². The van der Waals surface area contributed by atoms with Crippen molar-refractivity contribution in [3.8, 4) is 17.6 Å². The average molecular weight is 291 g/mol. The number of benzene rings is 2. The lowest BCUT2D eigenvalue weighted by Gasteiger charge is -2.07. The molecule has 0 atom stereocenters. The van der Waals surface area contributed by atoms with Gasteiger partial charge in [0, 0.05) is 12.3 Å². The van der Waals surface area contributed by atoms with E-state index in [4.69, 9.17) is 10.00 Å². The third kappa shape index (κ3) is 3.33. The van der Waals surface area contributed by atoms with E-state index in [1.54, 1.807) is 6.07 Å². The Labute approximate surface area is 116 Å². The molecule has 0 fully saturated rings. The lowest BCUT2D eigenvalue weighted by atomic mass is 10.2. The lowest BCUT2D eigenvalue weighted by Crippen LogP contribution is -1.97. The highest BCUT2D eigenvalue weighted by Crippen LogP contribution is 2.25. The van der Waals surface area contributed by atoms with Gasteiger partial charge in [0.05, 0.1) is 16.5 Å². The van der Waals surface area contributed by atoms with E-state index in [9.17, 15) is 12.8 Å². The van der Waals surface area contributed by atoms with E-state index in [-0.39, 0.29) is 22.0 Å². The highest BCUT2D eigenvalue weighted by Gasteiger charge is 2.09. The van der Waals surface area contributed by atoms with Crippen LogP contribution in [0.25, 0.3) is 0 Å². The Bertz CT molecular complexity index is 794. The summed E-state index contributed by atoms with van der Waals surface area (Å²) in [6, 6.07) is 11.2. The van der Waals surface area contributed by atoms with Gasteiger partial charge in [-0.05, 0) is 30.3 Å². The maximum absolute atomic E-state index is 13.3. The van der Waals surface area contributed by atoms with Crippen molar-refractivity contribution in [3.63, 3.8) is 0 Å². The van der Waals surface area contributed by atoms with E-state index < -0.39 is 15.7 Å². The number of sulfone groups is 1. The summed E-state index contributed by atoms with van der Waals surface area (Å²) < 4.78 is 41.5. The van der Waals surface area contributed by atoms with Crippen LogP contribution in [0.5, 0.6) is 11.5 Å². The van der Waals surface area contributed by atoms with E-state index >= 15 is 0 Å². The molecule has 0 aliphatic carbocycles. The average Bonchev–Trinajstić information content (AvgIpc) is 2.37. The third-order valence-corrected chi connectivity index (χ3v) is 3.58. The molecular weight excluding hydrogens is 281 g/mol. The zero-order valence-electron chi connectivity index (χ0n) is 10.5. The zero-order chi connectivity index (χ0) is 14.8. The van der Waals surface area contributed by atoms with Gasteiger partial charge in [-0.25, -0.2) is 12.8 Å². The molecule has 0 aliphatic heterocycles. The SMILES string of the molecule is CS(=O)(=O)c1cccc(Oc2cc(F)cc(C#N)c2)c1. The quantitative estimate of drug-likeness (QED) is 0.872. The molecule has 0 aliphatic rings. The number of rotatable bonds is 3. The van der Waals surface area contributed by atoms with Crippen LogP contribution in [-0.4, -0.2) is 14.7 Å². The molecule has 0 saturated carbocycles. The molecule has 0 aromatic heterocycles. The number of ether oxygens (including phenoxy) is 1. The Morgan fingerprint density at radius 2 is 1.90 bits per heavy atom. The zero-order valence-corrected chi connectivity index (χ0v) is 11.3. The maximum atomic E-state index is 13.3. The predicted molar refractivity (Wildman–Crippen MR) is 70.7 cm³/mol. The molecule has 0 N–H and O–H groups in total. The van der Waals surface area contributed by atoms with Crippen LogP contribution in [0.1, 0.15) is 5.56 Å². The first-order valence-corrected chi connectivity index (χ1v) is 7.46. The normalized spacial score (nSPS) is 10.8. The van der Waals surface area contributed by atoms with Gasteiger partial charge in [-0.2, -0.15) is 5.26 Å². The van der Waals surface area contributed by atoms with Crippen LogP contribution in [0.4, 0.5) is 4.39 Å². The Hall–Kier alpha value is -2.39. The highest BCUT2D eigenvalue weighted by molar-refractivity contribution is 7.90. The molecule has 0 radical (unpaired) electrons. The molecule has 0 bridgehead atoms. The van der Waals surface area contributed by atoms with Crippen molar-refractivity contribution in [2.24, 2.45) is 0 Å². The fourth-order valence-corrected chi connectivity index (χ4v) is 2.25. The molecule has 2 aromatic carbocycles. The minimum atomic E-state index is -3.35. The van der Waals surface area contributed by atoms with Gasteiger partial charge >= 0.3 is 0 Å². The fourth-order valence-electron chi connectivity index (χ4n) is 1.59. The number of halogens is 1. The molecule has 4 nitrogen and oxygen atoms in total. The van der Waals surface area contributed by atoms with Gasteiger partial charge in [-0.1, -0.05) is 6.07 Å². The van der Waals surface area contributed by atoms with Crippen molar-refractivity contribution in [1.82, 2.24) is 0 Å². The largest absolute Gasteiger partial charge is 0.457 e. The van der Waals surface area contributed by atoms with E-state index in [0.717, 1.165) is 18.4 Å². The van der Waals surface area contributed by atoms with E-state index in [2.05, 4.69) is 0 Å². The summed E-state index contributed by atoms with van der Waals surface area (Å²) >= 11 is 0. The first kappa shape index (κ1) is 14.0. The second kappa shape index (κ2) is 5.31. The number of hydrogen-bond acceptors (Lipinski definition) is 4. The van der Waals surface area contributed by atoms with E-state index in [1.807, 2.05) is 6.07 Å².